The van der Waals surface area contributed by atoms with Crippen molar-refractivity contribution in [2.24, 2.45) is 7.05 Å². The van der Waals surface area contributed by atoms with E-state index in [1.54, 1.807) is 7.05 Å². The van der Waals surface area contributed by atoms with Gasteiger partial charge in [0.25, 0.3) is 0 Å². The van der Waals surface area contributed by atoms with Crippen LogP contribution in [0.4, 0.5) is 0 Å². The number of carbonyl (C=O) groups is 2. The van der Waals surface area contributed by atoms with Gasteiger partial charge in [0, 0.05) is 13.5 Å². The molecule has 0 bridgehead atoms. The molecule has 0 saturated heterocycles. The van der Waals surface area contributed by atoms with Crippen molar-refractivity contribution in [1.82, 2.24) is 19.7 Å². The molecule has 0 aromatic carbocycles. The number of thioether (sulfide) groups is 1. The number of hydrogen-bond donors (Lipinski definition) is 2. The summed E-state index contributed by atoms with van der Waals surface area (Å²) in [6.45, 7) is 0.351. The standard InChI is InChI=1S/C13H16N4O5S/c1-17-13(22-5-3-2-4-8(18)19)11-10(16-17)12(15-7-14-11)23-6-9(20)21/h7H,2-6H2,1H3,(H,18,19)(H,20,21). The van der Waals surface area contributed by atoms with Gasteiger partial charge in [0.15, 0.2) is 5.52 Å². The fourth-order valence-corrected chi connectivity index (χ4v) is 2.56. The molecule has 124 valence electrons. The van der Waals surface area contributed by atoms with Crippen LogP contribution in [0.5, 0.6) is 5.88 Å². The van der Waals surface area contributed by atoms with Gasteiger partial charge in [-0.15, -0.1) is 0 Å². The van der Waals surface area contributed by atoms with E-state index in [0.29, 0.717) is 41.4 Å². The molecule has 2 N–H and O–H groups in total. The number of nitrogens with zero attached hydrogens (tertiary/aromatic N) is 4. The van der Waals surface area contributed by atoms with Crippen LogP contribution in [0.1, 0.15) is 19.3 Å². The number of rotatable bonds is 9. The molecule has 0 unspecified atom stereocenters. The second-order valence-electron chi connectivity index (χ2n) is 4.69. The van der Waals surface area contributed by atoms with E-state index in [9.17, 15) is 9.59 Å². The zero-order valence-electron chi connectivity index (χ0n) is 12.4. The molecule has 0 fully saturated rings. The molecule has 0 atom stereocenters. The number of fused-ring (bicyclic) bond motifs is 1. The van der Waals surface area contributed by atoms with Crippen molar-refractivity contribution in [3.05, 3.63) is 6.33 Å². The normalized spacial score (nSPS) is 10.8. The van der Waals surface area contributed by atoms with Crippen LogP contribution in [0.15, 0.2) is 11.4 Å². The van der Waals surface area contributed by atoms with E-state index < -0.39 is 11.9 Å². The average molecular weight is 340 g/mol. The smallest absolute Gasteiger partial charge is 0.313 e. The number of carboxylic acid groups (broad SMARTS) is 2. The van der Waals surface area contributed by atoms with Crippen molar-refractivity contribution in [2.75, 3.05) is 12.4 Å². The van der Waals surface area contributed by atoms with Gasteiger partial charge in [0.1, 0.15) is 16.9 Å². The molecule has 0 aliphatic rings. The maximum atomic E-state index is 10.7. The molecule has 0 amide bonds. The van der Waals surface area contributed by atoms with Crippen LogP contribution in [0.3, 0.4) is 0 Å². The Bertz CT molecular complexity index is 718. The number of hydrogen-bond acceptors (Lipinski definition) is 7. The van der Waals surface area contributed by atoms with E-state index in [2.05, 4.69) is 15.1 Å². The Kier molecular flexibility index (Phi) is 5.74. The molecule has 0 aliphatic heterocycles. The van der Waals surface area contributed by atoms with E-state index in [0.717, 1.165) is 11.8 Å². The molecule has 9 nitrogen and oxygen atoms in total. The minimum Gasteiger partial charge on any atom is -0.481 e. The van der Waals surface area contributed by atoms with Crippen LogP contribution >= 0.6 is 11.8 Å². The zero-order valence-corrected chi connectivity index (χ0v) is 13.2. The quantitative estimate of drug-likeness (QED) is 0.393. The Morgan fingerprint density at radius 1 is 1.22 bits per heavy atom. The fourth-order valence-electron chi connectivity index (χ4n) is 1.90. The van der Waals surface area contributed by atoms with Crippen LogP contribution < -0.4 is 4.74 Å². The number of unbranched alkanes of at least 4 members (excludes halogenated alkanes) is 1. The molecular formula is C13H16N4O5S. The lowest BCUT2D eigenvalue weighted by molar-refractivity contribution is -0.137. The first-order valence-electron chi connectivity index (χ1n) is 6.86. The molecule has 0 aliphatic carbocycles. The van der Waals surface area contributed by atoms with Gasteiger partial charge in [0.05, 0.1) is 12.4 Å². The van der Waals surface area contributed by atoms with E-state index >= 15 is 0 Å². The van der Waals surface area contributed by atoms with E-state index in [1.807, 2.05) is 0 Å². The summed E-state index contributed by atoms with van der Waals surface area (Å²) in [7, 11) is 1.69. The molecule has 10 heteroatoms. The van der Waals surface area contributed by atoms with Crippen LogP contribution in [0.25, 0.3) is 11.0 Å². The summed E-state index contributed by atoms with van der Waals surface area (Å²) in [5, 5.41) is 22.1. The Balaban J connectivity index is 2.08. The van der Waals surface area contributed by atoms with Gasteiger partial charge in [0.2, 0.25) is 5.88 Å². The molecule has 23 heavy (non-hydrogen) atoms. The first kappa shape index (κ1) is 17.0. The maximum Gasteiger partial charge on any atom is 0.313 e. The highest BCUT2D eigenvalue weighted by atomic mass is 32.2. The molecule has 2 aromatic heterocycles. The molecule has 2 heterocycles. The highest BCUT2D eigenvalue weighted by molar-refractivity contribution is 8.00. The van der Waals surface area contributed by atoms with Gasteiger partial charge >= 0.3 is 11.9 Å². The Morgan fingerprint density at radius 3 is 2.70 bits per heavy atom. The number of aliphatic carboxylic acids is 2. The minimum absolute atomic E-state index is 0.105. The number of aryl methyl sites for hydroxylation is 1. The monoisotopic (exact) mass is 340 g/mol. The Hall–Kier alpha value is -2.36. The number of aromatic nitrogens is 4. The highest BCUT2D eigenvalue weighted by Gasteiger charge is 2.17. The van der Waals surface area contributed by atoms with Crippen molar-refractivity contribution in [3.63, 3.8) is 0 Å². The van der Waals surface area contributed by atoms with Gasteiger partial charge in [-0.3, -0.25) is 9.59 Å². The van der Waals surface area contributed by atoms with Crippen molar-refractivity contribution in [1.29, 1.82) is 0 Å². The summed E-state index contributed by atoms with van der Waals surface area (Å²) in [6, 6.07) is 0. The summed E-state index contributed by atoms with van der Waals surface area (Å²) >= 11 is 1.07. The van der Waals surface area contributed by atoms with E-state index in [-0.39, 0.29) is 12.2 Å². The van der Waals surface area contributed by atoms with E-state index in [4.69, 9.17) is 14.9 Å². The SMILES string of the molecule is Cn1nc2c(SCC(=O)O)ncnc2c1OCCCCC(=O)O. The lowest BCUT2D eigenvalue weighted by Crippen LogP contribution is -2.04. The number of carboxylic acids is 2. The maximum absolute atomic E-state index is 10.7. The molecule has 2 aromatic rings. The van der Waals surface area contributed by atoms with Crippen molar-refractivity contribution >= 4 is 34.7 Å². The lowest BCUT2D eigenvalue weighted by Gasteiger charge is -2.05. The Morgan fingerprint density at radius 2 is 2.00 bits per heavy atom. The first-order chi connectivity index (χ1) is 11.0. The third-order valence-corrected chi connectivity index (χ3v) is 3.85. The molecule has 2 rings (SSSR count). The second kappa shape index (κ2) is 7.77. The third kappa shape index (κ3) is 4.55. The largest absolute Gasteiger partial charge is 0.481 e. The summed E-state index contributed by atoms with van der Waals surface area (Å²) in [4.78, 5) is 29.3. The molecular weight excluding hydrogens is 324 g/mol. The highest BCUT2D eigenvalue weighted by Crippen LogP contribution is 2.29. The van der Waals surface area contributed by atoms with Crippen LogP contribution in [0, 0.1) is 0 Å². The first-order valence-corrected chi connectivity index (χ1v) is 7.84. The van der Waals surface area contributed by atoms with Crippen LogP contribution in [0.2, 0.25) is 0 Å². The number of ether oxygens (including phenoxy) is 1. The van der Waals surface area contributed by atoms with Crippen LogP contribution in [-0.2, 0) is 16.6 Å². The van der Waals surface area contributed by atoms with Crippen molar-refractivity contribution in [3.8, 4) is 5.88 Å². The second-order valence-corrected chi connectivity index (χ2v) is 5.65. The summed E-state index contributed by atoms with van der Waals surface area (Å²) in [6.07, 6.45) is 2.57. The third-order valence-electron chi connectivity index (χ3n) is 2.89. The van der Waals surface area contributed by atoms with Crippen molar-refractivity contribution in [2.45, 2.75) is 24.3 Å². The van der Waals surface area contributed by atoms with Gasteiger partial charge < -0.3 is 14.9 Å². The lowest BCUT2D eigenvalue weighted by atomic mass is 10.2. The predicted molar refractivity (Wildman–Crippen MR) is 81.6 cm³/mol. The van der Waals surface area contributed by atoms with Gasteiger partial charge in [-0.1, -0.05) is 11.8 Å². The van der Waals surface area contributed by atoms with E-state index in [1.165, 1.54) is 11.0 Å². The average Bonchev–Trinajstić information content (AvgIpc) is 2.81. The summed E-state index contributed by atoms with van der Waals surface area (Å²) < 4.78 is 7.16. The molecule has 0 saturated carbocycles. The summed E-state index contributed by atoms with van der Waals surface area (Å²) in [5.41, 5.74) is 0.996. The van der Waals surface area contributed by atoms with Gasteiger partial charge in [-0.2, -0.15) is 5.10 Å². The Labute approximate surface area is 135 Å². The fraction of sp³-hybridized carbons (Fsp3) is 0.462. The minimum atomic E-state index is -0.937. The molecule has 0 radical (unpaired) electrons. The molecule has 0 spiro atoms. The predicted octanol–water partition coefficient (Wildman–Crippen LogP) is 1.17. The zero-order chi connectivity index (χ0) is 16.8. The van der Waals surface area contributed by atoms with Crippen molar-refractivity contribution < 1.29 is 24.5 Å². The topological polar surface area (TPSA) is 127 Å². The van der Waals surface area contributed by atoms with Gasteiger partial charge in [-0.25, -0.2) is 14.6 Å². The van der Waals surface area contributed by atoms with Crippen LogP contribution in [-0.4, -0.2) is 54.3 Å². The van der Waals surface area contributed by atoms with Gasteiger partial charge in [-0.05, 0) is 12.8 Å². The summed E-state index contributed by atoms with van der Waals surface area (Å²) in [5.74, 6) is -1.43.